The number of rotatable bonds is 4. The minimum atomic E-state index is 0.0717. The number of nitrogens with one attached hydrogen (secondary N) is 2. The number of hydrogen-bond acceptors (Lipinski definition) is 7. The molecule has 1 atom stereocenters. The Labute approximate surface area is 113 Å². The summed E-state index contributed by atoms with van der Waals surface area (Å²) < 4.78 is 0.755. The number of hydrazine groups is 1. The first kappa shape index (κ1) is 12.9. The lowest BCUT2D eigenvalue weighted by molar-refractivity contribution is 0.894. The average molecular weight is 285 g/mol. The monoisotopic (exact) mass is 284 g/mol. The van der Waals surface area contributed by atoms with Gasteiger partial charge in [0, 0.05) is 10.9 Å². The molecule has 0 aliphatic heterocycles. The summed E-state index contributed by atoms with van der Waals surface area (Å²) in [5.41, 5.74) is 8.01. The van der Waals surface area contributed by atoms with Crippen LogP contribution in [0, 0.1) is 0 Å². The number of aromatic nitrogens is 2. The van der Waals surface area contributed by atoms with E-state index in [1.165, 1.54) is 11.3 Å². The predicted molar refractivity (Wildman–Crippen MR) is 75.6 cm³/mol. The fourth-order valence-electron chi connectivity index (χ4n) is 1.47. The molecule has 96 valence electrons. The second-order valence-corrected chi connectivity index (χ2v) is 5.40. The van der Waals surface area contributed by atoms with Crippen LogP contribution in [0.3, 0.4) is 0 Å². The second kappa shape index (κ2) is 5.38. The van der Waals surface area contributed by atoms with E-state index in [-0.39, 0.29) is 12.0 Å². The fourth-order valence-corrected chi connectivity index (χ4v) is 2.53. The van der Waals surface area contributed by atoms with Gasteiger partial charge >= 0.3 is 0 Å². The molecule has 6 N–H and O–H groups in total. The van der Waals surface area contributed by atoms with Crippen LogP contribution in [0.25, 0.3) is 0 Å². The van der Waals surface area contributed by atoms with E-state index in [0.29, 0.717) is 11.6 Å². The van der Waals surface area contributed by atoms with Gasteiger partial charge in [0.2, 0.25) is 5.95 Å². The van der Waals surface area contributed by atoms with E-state index in [9.17, 15) is 0 Å². The summed E-state index contributed by atoms with van der Waals surface area (Å²) in [5, 5.41) is 3.21. The molecule has 2 aromatic heterocycles. The van der Waals surface area contributed by atoms with Gasteiger partial charge in [-0.2, -0.15) is 9.97 Å². The Hall–Kier alpha value is -1.57. The van der Waals surface area contributed by atoms with Crippen LogP contribution in [-0.4, -0.2) is 9.97 Å². The maximum absolute atomic E-state index is 5.90. The quantitative estimate of drug-likeness (QED) is 0.507. The van der Waals surface area contributed by atoms with E-state index < -0.39 is 0 Å². The highest BCUT2D eigenvalue weighted by molar-refractivity contribution is 7.16. The zero-order valence-corrected chi connectivity index (χ0v) is 11.2. The minimum absolute atomic E-state index is 0.0717. The lowest BCUT2D eigenvalue weighted by Gasteiger charge is -2.13. The fraction of sp³-hybridized carbons (Fsp3) is 0.200. The lowest BCUT2D eigenvalue weighted by atomic mass is 10.3. The molecule has 2 rings (SSSR count). The van der Waals surface area contributed by atoms with Gasteiger partial charge in [-0.15, -0.1) is 11.3 Å². The summed E-state index contributed by atoms with van der Waals surface area (Å²) in [5.74, 6) is 6.51. The zero-order chi connectivity index (χ0) is 13.1. The molecule has 2 aromatic rings. The van der Waals surface area contributed by atoms with Gasteiger partial charge in [-0.25, -0.2) is 5.84 Å². The van der Waals surface area contributed by atoms with Crippen LogP contribution < -0.4 is 22.3 Å². The van der Waals surface area contributed by atoms with Crippen molar-refractivity contribution in [1.82, 2.24) is 9.97 Å². The third-order valence-electron chi connectivity index (χ3n) is 2.28. The van der Waals surface area contributed by atoms with Gasteiger partial charge in [-0.3, -0.25) is 0 Å². The van der Waals surface area contributed by atoms with Crippen LogP contribution in [0.15, 0.2) is 18.2 Å². The van der Waals surface area contributed by atoms with E-state index in [1.807, 2.05) is 19.1 Å². The topological polar surface area (TPSA) is 102 Å². The molecule has 0 aliphatic carbocycles. The van der Waals surface area contributed by atoms with Gasteiger partial charge < -0.3 is 16.5 Å². The highest BCUT2D eigenvalue weighted by atomic mass is 35.5. The summed E-state index contributed by atoms with van der Waals surface area (Å²) >= 11 is 7.42. The van der Waals surface area contributed by atoms with Crippen molar-refractivity contribution in [2.45, 2.75) is 13.0 Å². The predicted octanol–water partition coefficient (Wildman–Crippen LogP) is 2.23. The van der Waals surface area contributed by atoms with Crippen molar-refractivity contribution in [2.75, 3.05) is 16.5 Å². The van der Waals surface area contributed by atoms with Gasteiger partial charge in [0.25, 0.3) is 0 Å². The Morgan fingerprint density at radius 1 is 1.33 bits per heavy atom. The highest BCUT2D eigenvalue weighted by Crippen LogP contribution is 2.28. The van der Waals surface area contributed by atoms with E-state index in [0.717, 1.165) is 9.21 Å². The van der Waals surface area contributed by atoms with Crippen molar-refractivity contribution in [3.63, 3.8) is 0 Å². The number of nitrogens with zero attached hydrogens (tertiary/aromatic N) is 2. The molecule has 1 unspecified atom stereocenters. The SMILES string of the molecule is CC(Nc1cc(NN)nc(N)n1)c1ccc(Cl)s1. The van der Waals surface area contributed by atoms with Gasteiger partial charge in [-0.1, -0.05) is 11.6 Å². The Kier molecular flexibility index (Phi) is 3.85. The Morgan fingerprint density at radius 3 is 2.67 bits per heavy atom. The van der Waals surface area contributed by atoms with Crippen LogP contribution in [-0.2, 0) is 0 Å². The number of hydrogen-bond donors (Lipinski definition) is 4. The summed E-state index contributed by atoms with van der Waals surface area (Å²) in [6.07, 6.45) is 0. The van der Waals surface area contributed by atoms with E-state index in [4.69, 9.17) is 23.2 Å². The summed E-state index contributed by atoms with van der Waals surface area (Å²) in [4.78, 5) is 9.10. The highest BCUT2D eigenvalue weighted by Gasteiger charge is 2.10. The average Bonchev–Trinajstić information content (AvgIpc) is 2.75. The molecule has 8 heteroatoms. The molecule has 0 aliphatic rings. The van der Waals surface area contributed by atoms with E-state index in [1.54, 1.807) is 6.07 Å². The number of halogens is 1. The molecule has 0 spiro atoms. The van der Waals surface area contributed by atoms with Crippen molar-refractivity contribution in [1.29, 1.82) is 0 Å². The summed E-state index contributed by atoms with van der Waals surface area (Å²) in [6, 6.07) is 5.59. The Morgan fingerprint density at radius 2 is 2.06 bits per heavy atom. The van der Waals surface area contributed by atoms with Gasteiger partial charge in [0.15, 0.2) is 0 Å². The second-order valence-electron chi connectivity index (χ2n) is 3.65. The maximum atomic E-state index is 5.90. The molecule has 0 radical (unpaired) electrons. The van der Waals surface area contributed by atoms with Crippen molar-refractivity contribution >= 4 is 40.5 Å². The zero-order valence-electron chi connectivity index (χ0n) is 9.64. The Balaban J connectivity index is 2.16. The first-order valence-corrected chi connectivity index (χ1v) is 6.41. The third-order valence-corrected chi connectivity index (χ3v) is 3.69. The molecule has 0 aromatic carbocycles. The van der Waals surface area contributed by atoms with Crippen LogP contribution in [0.4, 0.5) is 17.6 Å². The maximum Gasteiger partial charge on any atom is 0.223 e. The van der Waals surface area contributed by atoms with Crippen LogP contribution in [0.2, 0.25) is 4.34 Å². The molecule has 0 bridgehead atoms. The Bertz CT molecular complexity index is 543. The lowest BCUT2D eigenvalue weighted by Crippen LogP contribution is -2.13. The summed E-state index contributed by atoms with van der Waals surface area (Å²) in [7, 11) is 0. The van der Waals surface area contributed by atoms with Crippen LogP contribution >= 0.6 is 22.9 Å². The van der Waals surface area contributed by atoms with Gasteiger partial charge in [-0.05, 0) is 19.1 Å². The molecule has 0 fully saturated rings. The summed E-state index contributed by atoms with van der Waals surface area (Å²) in [6.45, 7) is 2.01. The molecule has 0 saturated heterocycles. The molecular formula is C10H13ClN6S. The largest absolute Gasteiger partial charge is 0.368 e. The number of anilines is 3. The normalized spacial score (nSPS) is 12.2. The van der Waals surface area contributed by atoms with E-state index >= 15 is 0 Å². The number of thiophene rings is 1. The van der Waals surface area contributed by atoms with Crippen LogP contribution in [0.5, 0.6) is 0 Å². The minimum Gasteiger partial charge on any atom is -0.368 e. The van der Waals surface area contributed by atoms with Crippen LogP contribution in [0.1, 0.15) is 17.8 Å². The van der Waals surface area contributed by atoms with E-state index in [2.05, 4.69) is 20.7 Å². The number of nitrogen functional groups attached to an aromatic ring is 2. The molecule has 0 saturated carbocycles. The molecule has 6 nitrogen and oxygen atoms in total. The molecule has 18 heavy (non-hydrogen) atoms. The van der Waals surface area contributed by atoms with Gasteiger partial charge in [0.05, 0.1) is 10.4 Å². The van der Waals surface area contributed by atoms with Gasteiger partial charge in [0.1, 0.15) is 11.6 Å². The smallest absolute Gasteiger partial charge is 0.223 e. The molecular weight excluding hydrogens is 272 g/mol. The van der Waals surface area contributed by atoms with Crippen molar-refractivity contribution in [3.05, 3.63) is 27.4 Å². The molecule has 2 heterocycles. The van der Waals surface area contributed by atoms with Crippen molar-refractivity contribution < 1.29 is 0 Å². The number of nitrogens with two attached hydrogens (primary N) is 2. The van der Waals surface area contributed by atoms with Crippen molar-refractivity contribution in [2.24, 2.45) is 5.84 Å². The third kappa shape index (κ3) is 3.00. The van der Waals surface area contributed by atoms with Crippen molar-refractivity contribution in [3.8, 4) is 0 Å². The first-order valence-electron chi connectivity index (χ1n) is 5.21. The molecule has 0 amide bonds. The standard InChI is InChI=1S/C10H13ClN6S/c1-5(6-2-3-7(11)18-6)14-8-4-9(17-13)16-10(12)15-8/h2-5H,13H2,1H3,(H4,12,14,15,16,17). The first-order chi connectivity index (χ1) is 8.58.